The van der Waals surface area contributed by atoms with Crippen LogP contribution in [0, 0.1) is 10.8 Å². The summed E-state index contributed by atoms with van der Waals surface area (Å²) in [6, 6.07) is -0.0188. The van der Waals surface area contributed by atoms with Crippen LogP contribution >= 0.6 is 24.4 Å². The van der Waals surface area contributed by atoms with Gasteiger partial charge in [0.15, 0.2) is 0 Å². The molecule has 0 aromatic heterocycles. The summed E-state index contributed by atoms with van der Waals surface area (Å²) in [5.74, 6) is 2.38. The number of thiocarbonyl (C=S) groups is 2. The number of hydrogen-bond donors (Lipinski definition) is 0. The Labute approximate surface area is 251 Å². The van der Waals surface area contributed by atoms with Gasteiger partial charge in [-0.3, -0.25) is 18.2 Å². The van der Waals surface area contributed by atoms with Crippen LogP contribution in [0.3, 0.4) is 0 Å². The molecule has 2 fully saturated rings. The van der Waals surface area contributed by atoms with Crippen molar-refractivity contribution in [2.45, 2.75) is 73.6 Å². The first-order valence-electron chi connectivity index (χ1n) is 14.1. The molecule has 0 N–H and O–H groups in total. The van der Waals surface area contributed by atoms with E-state index in [0.29, 0.717) is 78.7 Å². The minimum atomic E-state index is -0.932. The van der Waals surface area contributed by atoms with Crippen LogP contribution in [0.25, 0.3) is 0 Å². The van der Waals surface area contributed by atoms with Crippen molar-refractivity contribution >= 4 is 68.1 Å². The van der Waals surface area contributed by atoms with Gasteiger partial charge >= 0.3 is 12.1 Å². The quantitative estimate of drug-likeness (QED) is 0.208. The second-order valence-electron chi connectivity index (χ2n) is 12.1. The molecule has 0 spiro atoms. The van der Waals surface area contributed by atoms with Gasteiger partial charge in [0.1, 0.15) is 9.98 Å². The fourth-order valence-corrected chi connectivity index (χ4v) is 8.07. The van der Waals surface area contributed by atoms with Crippen molar-refractivity contribution in [3.05, 3.63) is 0 Å². The molecule has 8 nitrogen and oxygen atoms in total. The Morgan fingerprint density at radius 1 is 0.667 bits per heavy atom. The van der Waals surface area contributed by atoms with E-state index in [1.165, 1.54) is 0 Å². The summed E-state index contributed by atoms with van der Waals surface area (Å²) in [6.45, 7) is 16.0. The lowest BCUT2D eigenvalue weighted by Crippen LogP contribution is -2.39. The minimum absolute atomic E-state index is 0.00942. The lowest BCUT2D eigenvalue weighted by molar-refractivity contribution is 0.181. The molecule has 0 aromatic carbocycles. The van der Waals surface area contributed by atoms with Crippen molar-refractivity contribution in [1.82, 2.24) is 19.6 Å². The van der Waals surface area contributed by atoms with Crippen LogP contribution in [0.2, 0.25) is 0 Å². The van der Waals surface area contributed by atoms with E-state index in [0.717, 1.165) is 25.7 Å². The molecule has 2 rings (SSSR count). The topological polar surface area (TPSA) is 81.2 Å². The second-order valence-corrected chi connectivity index (χ2v) is 16.5. The van der Waals surface area contributed by atoms with Gasteiger partial charge in [0.2, 0.25) is 0 Å². The molecule has 0 aliphatic carbocycles. The number of nitrogens with zero attached hydrogens (tertiary/aromatic N) is 4. The van der Waals surface area contributed by atoms with Crippen molar-refractivity contribution in [3.8, 4) is 0 Å². The molecule has 2 aliphatic heterocycles. The molecule has 2 unspecified atom stereocenters. The van der Waals surface area contributed by atoms with Crippen molar-refractivity contribution in [2.24, 2.45) is 10.8 Å². The highest BCUT2D eigenvalue weighted by Crippen LogP contribution is 2.28. The molecule has 0 saturated carbocycles. The molecule has 12 heteroatoms. The first kappa shape index (κ1) is 34.2. The zero-order valence-electron chi connectivity index (χ0n) is 24.7. The Morgan fingerprint density at radius 2 is 1.00 bits per heavy atom. The van der Waals surface area contributed by atoms with Crippen molar-refractivity contribution in [1.29, 1.82) is 0 Å². The lowest BCUT2D eigenvalue weighted by Gasteiger charge is -2.30. The van der Waals surface area contributed by atoms with Crippen LogP contribution in [-0.2, 0) is 21.6 Å². The van der Waals surface area contributed by atoms with E-state index in [-0.39, 0.29) is 22.9 Å². The van der Waals surface area contributed by atoms with Gasteiger partial charge in [-0.2, -0.15) is 0 Å². The molecule has 4 amide bonds. The van der Waals surface area contributed by atoms with E-state index < -0.39 is 21.6 Å². The Bertz CT molecular complexity index is 882. The molecule has 0 bridgehead atoms. The number of likely N-dealkylation sites (N-methyl/N-ethyl adjacent to an activating group) is 2. The molecule has 2 atom stereocenters. The Hall–Kier alpha value is -0.980. The van der Waals surface area contributed by atoms with Gasteiger partial charge in [0, 0.05) is 70.8 Å². The first-order chi connectivity index (χ1) is 18.2. The zero-order valence-corrected chi connectivity index (χ0v) is 27.9. The number of rotatable bonds is 18. The third-order valence-corrected chi connectivity index (χ3v) is 11.1. The van der Waals surface area contributed by atoms with Crippen molar-refractivity contribution in [3.63, 3.8) is 0 Å². The summed E-state index contributed by atoms with van der Waals surface area (Å²) < 4.78 is 25.0. The highest BCUT2D eigenvalue weighted by molar-refractivity contribution is 7.85. The van der Waals surface area contributed by atoms with Crippen molar-refractivity contribution in [2.75, 3.05) is 62.3 Å². The minimum Gasteiger partial charge on any atom is -0.318 e. The molecule has 39 heavy (non-hydrogen) atoms. The summed E-state index contributed by atoms with van der Waals surface area (Å²) in [7, 11) is -1.86. The highest BCUT2D eigenvalue weighted by atomic mass is 32.2. The molecule has 2 aliphatic rings. The maximum Gasteiger partial charge on any atom is 0.325 e. The van der Waals surface area contributed by atoms with Crippen molar-refractivity contribution < 1.29 is 18.0 Å². The van der Waals surface area contributed by atoms with Crippen LogP contribution in [-0.4, -0.2) is 112 Å². The second kappa shape index (κ2) is 15.3. The number of carbonyl (C=O) groups excluding carboxylic acids is 2. The molecule has 224 valence electrons. The normalized spacial score (nSPS) is 18.6. The highest BCUT2D eigenvalue weighted by Gasteiger charge is 2.36. The van der Waals surface area contributed by atoms with Crippen LogP contribution < -0.4 is 0 Å². The molecule has 0 aromatic rings. The molecule has 2 saturated heterocycles. The van der Waals surface area contributed by atoms with Gasteiger partial charge in [0.05, 0.1) is 13.1 Å². The van der Waals surface area contributed by atoms with Gasteiger partial charge in [0.25, 0.3) is 0 Å². The SMILES string of the molecule is CCN1CC(=S)N(CC(C)(C)CCCS(=O)CCCS(=O)CCCC(C)(C)CN2C(=O)N(CC)CC2=S)C1=O. The molecule has 2 heterocycles. The predicted octanol–water partition coefficient (Wildman–Crippen LogP) is 4.66. The molecule has 0 radical (unpaired) electrons. The number of urea groups is 2. The maximum absolute atomic E-state index is 12.5. The fraction of sp³-hybridized carbons (Fsp3) is 0.852. The smallest absolute Gasteiger partial charge is 0.318 e. The maximum atomic E-state index is 12.5. The summed E-state index contributed by atoms with van der Waals surface area (Å²) >= 11 is 10.8. The summed E-state index contributed by atoms with van der Waals surface area (Å²) in [5.41, 5.74) is -0.212. The van der Waals surface area contributed by atoms with Crippen LogP contribution in [0.4, 0.5) is 9.59 Å². The van der Waals surface area contributed by atoms with E-state index in [1.54, 1.807) is 19.6 Å². The van der Waals surface area contributed by atoms with E-state index >= 15 is 0 Å². The largest absolute Gasteiger partial charge is 0.325 e. The third kappa shape index (κ3) is 10.7. The summed E-state index contributed by atoms with van der Waals surface area (Å²) in [6.07, 6.45) is 4.07. The zero-order chi connectivity index (χ0) is 29.4. The van der Waals surface area contributed by atoms with Gasteiger partial charge in [-0.05, 0) is 56.8 Å². The van der Waals surface area contributed by atoms with E-state index in [9.17, 15) is 18.0 Å². The Kier molecular flexibility index (Phi) is 13.4. The molecular weight excluding hydrogens is 573 g/mol. The average Bonchev–Trinajstić information content (AvgIpc) is 3.27. The first-order valence-corrected chi connectivity index (χ1v) is 17.9. The Morgan fingerprint density at radius 3 is 1.31 bits per heavy atom. The summed E-state index contributed by atoms with van der Waals surface area (Å²) in [4.78, 5) is 33.3. The number of carbonyl (C=O) groups is 2. The van der Waals surface area contributed by atoms with Gasteiger partial charge in [-0.25, -0.2) is 9.59 Å². The van der Waals surface area contributed by atoms with Crippen LogP contribution in [0.15, 0.2) is 0 Å². The van der Waals surface area contributed by atoms with Gasteiger partial charge in [-0.1, -0.05) is 52.1 Å². The number of amides is 4. The van der Waals surface area contributed by atoms with Gasteiger partial charge < -0.3 is 9.80 Å². The van der Waals surface area contributed by atoms with E-state index in [4.69, 9.17) is 24.4 Å². The Balaban J connectivity index is 1.60. The van der Waals surface area contributed by atoms with Crippen LogP contribution in [0.1, 0.15) is 73.6 Å². The predicted molar refractivity (Wildman–Crippen MR) is 170 cm³/mol. The summed E-state index contributed by atoms with van der Waals surface area (Å²) in [5, 5.41) is 0. The van der Waals surface area contributed by atoms with E-state index in [1.807, 2.05) is 13.8 Å². The fourth-order valence-electron chi connectivity index (χ4n) is 5.02. The number of hydrogen-bond acceptors (Lipinski definition) is 6. The molecular formula is C27H48N4O4S4. The van der Waals surface area contributed by atoms with Gasteiger partial charge in [-0.15, -0.1) is 0 Å². The standard InChI is InChI=1S/C27H48N4O4S4/c1-7-28-18-22(36)30(24(28)32)20-26(3,4)12-9-14-38(34)16-11-17-39(35)15-10-13-27(5,6)21-31-23(37)19-29(8-2)25(31)33/h7-21H2,1-6H3. The monoisotopic (exact) mass is 620 g/mol. The van der Waals surface area contributed by atoms with Crippen LogP contribution in [0.5, 0.6) is 0 Å². The average molecular weight is 621 g/mol. The third-order valence-electron chi connectivity index (χ3n) is 7.39. The van der Waals surface area contributed by atoms with E-state index in [2.05, 4.69) is 27.7 Å². The lowest BCUT2D eigenvalue weighted by atomic mass is 9.87.